The monoisotopic (exact) mass is 404 g/mol. The van der Waals surface area contributed by atoms with Gasteiger partial charge in [0.1, 0.15) is 5.75 Å². The number of benzene rings is 2. The lowest BCUT2D eigenvalue weighted by Crippen LogP contribution is -2.16. The summed E-state index contributed by atoms with van der Waals surface area (Å²) in [7, 11) is 0. The maximum absolute atomic E-state index is 12.6. The highest BCUT2D eigenvalue weighted by molar-refractivity contribution is 6.09. The van der Waals surface area contributed by atoms with Gasteiger partial charge in [-0.25, -0.2) is 0 Å². The normalized spacial score (nSPS) is 10.6. The van der Waals surface area contributed by atoms with Gasteiger partial charge in [0.25, 0.3) is 0 Å². The van der Waals surface area contributed by atoms with Crippen LogP contribution in [0.15, 0.2) is 48.7 Å². The van der Waals surface area contributed by atoms with Crippen LogP contribution in [0, 0.1) is 25.2 Å². The number of carbonyl (C=O) groups excluding carboxylic acids is 2. The van der Waals surface area contributed by atoms with E-state index in [4.69, 9.17) is 14.7 Å². The SMILES string of the molecule is Cc1ccc(C)c(OCCC(=O)OCC(=O)c2cn(CCC#N)c3ccccc23)c1. The molecule has 2 aromatic carbocycles. The van der Waals surface area contributed by atoms with Crippen LogP contribution in [0.2, 0.25) is 0 Å². The summed E-state index contributed by atoms with van der Waals surface area (Å²) >= 11 is 0. The number of nitriles is 1. The van der Waals surface area contributed by atoms with Crippen LogP contribution in [0.5, 0.6) is 5.75 Å². The number of ether oxygens (including phenoxy) is 2. The average molecular weight is 404 g/mol. The molecule has 0 amide bonds. The number of fused-ring (bicyclic) bond motifs is 1. The van der Waals surface area contributed by atoms with Crippen molar-refractivity contribution in [2.45, 2.75) is 33.2 Å². The predicted octanol–water partition coefficient (Wildman–Crippen LogP) is 4.37. The molecule has 0 spiro atoms. The van der Waals surface area contributed by atoms with Gasteiger partial charge in [0.05, 0.1) is 25.5 Å². The minimum absolute atomic E-state index is 0.0601. The smallest absolute Gasteiger partial charge is 0.309 e. The lowest BCUT2D eigenvalue weighted by molar-refractivity contribution is -0.143. The fraction of sp³-hybridized carbons (Fsp3) is 0.292. The van der Waals surface area contributed by atoms with Gasteiger partial charge in [0.2, 0.25) is 5.78 Å². The van der Waals surface area contributed by atoms with Gasteiger partial charge in [0.15, 0.2) is 6.61 Å². The summed E-state index contributed by atoms with van der Waals surface area (Å²) < 4.78 is 12.7. The molecule has 0 N–H and O–H groups in total. The van der Waals surface area contributed by atoms with Crippen LogP contribution >= 0.6 is 0 Å². The van der Waals surface area contributed by atoms with E-state index >= 15 is 0 Å². The molecule has 1 aromatic heterocycles. The molecule has 6 heteroatoms. The summed E-state index contributed by atoms with van der Waals surface area (Å²) in [5.41, 5.74) is 3.45. The molecule has 0 saturated carbocycles. The van der Waals surface area contributed by atoms with E-state index < -0.39 is 5.97 Å². The number of rotatable bonds is 9. The lowest BCUT2D eigenvalue weighted by atomic mass is 10.1. The van der Waals surface area contributed by atoms with Gasteiger partial charge in [-0.3, -0.25) is 9.59 Å². The summed E-state index contributed by atoms with van der Waals surface area (Å²) in [5, 5.41) is 9.62. The van der Waals surface area contributed by atoms with Crippen LogP contribution < -0.4 is 4.74 Å². The summed E-state index contributed by atoms with van der Waals surface area (Å²) in [6, 6.07) is 15.5. The second-order valence-electron chi connectivity index (χ2n) is 7.11. The first-order valence-corrected chi connectivity index (χ1v) is 9.83. The highest BCUT2D eigenvalue weighted by atomic mass is 16.5. The fourth-order valence-electron chi connectivity index (χ4n) is 3.23. The summed E-state index contributed by atoms with van der Waals surface area (Å²) in [6.45, 7) is 4.28. The second-order valence-corrected chi connectivity index (χ2v) is 7.11. The van der Waals surface area contributed by atoms with Crippen molar-refractivity contribution in [1.29, 1.82) is 5.26 Å². The van der Waals surface area contributed by atoms with E-state index in [1.165, 1.54) is 0 Å². The Bertz CT molecular complexity index is 1110. The van der Waals surface area contributed by atoms with Gasteiger partial charge < -0.3 is 14.0 Å². The highest BCUT2D eigenvalue weighted by Gasteiger charge is 2.16. The molecular formula is C24H24N2O4. The first-order valence-electron chi connectivity index (χ1n) is 9.83. The molecule has 3 rings (SSSR count). The van der Waals surface area contributed by atoms with Crippen molar-refractivity contribution in [1.82, 2.24) is 4.57 Å². The van der Waals surface area contributed by atoms with Gasteiger partial charge >= 0.3 is 5.97 Å². The van der Waals surface area contributed by atoms with Crippen molar-refractivity contribution in [3.8, 4) is 11.8 Å². The Morgan fingerprint density at radius 3 is 2.73 bits per heavy atom. The van der Waals surface area contributed by atoms with Crippen molar-refractivity contribution in [3.05, 3.63) is 65.4 Å². The van der Waals surface area contributed by atoms with E-state index in [0.29, 0.717) is 18.5 Å². The number of Topliss-reactive ketones (excluding diaryl/α,β-unsaturated/α-hetero) is 1. The number of aromatic nitrogens is 1. The van der Waals surface area contributed by atoms with Gasteiger partial charge in [-0.1, -0.05) is 30.3 Å². The number of nitrogens with zero attached hydrogens (tertiary/aromatic N) is 2. The highest BCUT2D eigenvalue weighted by Crippen LogP contribution is 2.22. The molecule has 3 aromatic rings. The number of para-hydroxylation sites is 1. The largest absolute Gasteiger partial charge is 0.493 e. The van der Waals surface area contributed by atoms with Gasteiger partial charge in [0, 0.05) is 29.2 Å². The predicted molar refractivity (Wildman–Crippen MR) is 113 cm³/mol. The van der Waals surface area contributed by atoms with Gasteiger partial charge in [-0.05, 0) is 37.1 Å². The van der Waals surface area contributed by atoms with E-state index in [9.17, 15) is 9.59 Å². The lowest BCUT2D eigenvalue weighted by Gasteiger charge is -2.09. The number of esters is 1. The minimum atomic E-state index is -0.484. The zero-order valence-electron chi connectivity index (χ0n) is 17.2. The first-order chi connectivity index (χ1) is 14.5. The molecule has 0 radical (unpaired) electrons. The summed E-state index contributed by atoms with van der Waals surface area (Å²) in [6.07, 6.45) is 2.13. The third kappa shape index (κ3) is 5.06. The Morgan fingerprint density at radius 2 is 1.93 bits per heavy atom. The zero-order chi connectivity index (χ0) is 21.5. The van der Waals surface area contributed by atoms with Crippen molar-refractivity contribution in [2.75, 3.05) is 13.2 Å². The third-order valence-corrected chi connectivity index (χ3v) is 4.83. The Kier molecular flexibility index (Phi) is 6.87. The molecule has 0 bridgehead atoms. The maximum atomic E-state index is 12.6. The molecule has 1 heterocycles. The average Bonchev–Trinajstić information content (AvgIpc) is 3.12. The van der Waals surface area contributed by atoms with Gasteiger partial charge in [-0.2, -0.15) is 5.26 Å². The van der Waals surface area contributed by atoms with Crippen LogP contribution in [0.3, 0.4) is 0 Å². The molecule has 0 unspecified atom stereocenters. The molecule has 0 saturated heterocycles. The Morgan fingerprint density at radius 1 is 1.13 bits per heavy atom. The van der Waals surface area contributed by atoms with Crippen molar-refractivity contribution in [2.24, 2.45) is 0 Å². The quantitative estimate of drug-likeness (QED) is 0.391. The van der Waals surface area contributed by atoms with Crippen LogP contribution in [-0.2, 0) is 16.1 Å². The number of aryl methyl sites for hydroxylation is 3. The van der Waals surface area contributed by atoms with Crippen molar-refractivity contribution in [3.63, 3.8) is 0 Å². The third-order valence-electron chi connectivity index (χ3n) is 4.83. The van der Waals surface area contributed by atoms with E-state index in [1.54, 1.807) is 6.20 Å². The van der Waals surface area contributed by atoms with E-state index in [1.807, 2.05) is 60.9 Å². The number of hydrogen-bond acceptors (Lipinski definition) is 5. The molecule has 0 aliphatic heterocycles. The molecule has 0 aliphatic rings. The van der Waals surface area contributed by atoms with E-state index in [2.05, 4.69) is 6.07 Å². The Labute approximate surface area is 175 Å². The molecule has 0 aliphatic carbocycles. The van der Waals surface area contributed by atoms with Gasteiger partial charge in [-0.15, -0.1) is 0 Å². The summed E-state index contributed by atoms with van der Waals surface area (Å²) in [4.78, 5) is 24.7. The zero-order valence-corrected chi connectivity index (χ0v) is 17.2. The van der Waals surface area contributed by atoms with Crippen molar-refractivity contribution < 1.29 is 19.1 Å². The van der Waals surface area contributed by atoms with Crippen molar-refractivity contribution >= 4 is 22.7 Å². The number of carbonyl (C=O) groups is 2. The Balaban J connectivity index is 1.56. The number of hydrogen-bond donors (Lipinski definition) is 0. The maximum Gasteiger partial charge on any atom is 0.309 e. The van der Waals surface area contributed by atoms with Crippen LogP contribution in [0.1, 0.15) is 34.3 Å². The first kappa shape index (κ1) is 21.1. The molecular weight excluding hydrogens is 380 g/mol. The molecule has 6 nitrogen and oxygen atoms in total. The van der Waals surface area contributed by atoms with Crippen LogP contribution in [-0.4, -0.2) is 29.5 Å². The molecule has 154 valence electrons. The van der Waals surface area contributed by atoms with E-state index in [-0.39, 0.29) is 25.4 Å². The summed E-state index contributed by atoms with van der Waals surface area (Å²) in [5.74, 6) is -0.0170. The minimum Gasteiger partial charge on any atom is -0.493 e. The Hall–Kier alpha value is -3.59. The molecule has 0 atom stereocenters. The fourth-order valence-corrected chi connectivity index (χ4v) is 3.23. The second kappa shape index (κ2) is 9.75. The van der Waals surface area contributed by atoms with Crippen LogP contribution in [0.4, 0.5) is 0 Å². The molecule has 0 fully saturated rings. The molecule has 30 heavy (non-hydrogen) atoms. The van der Waals surface area contributed by atoms with Crippen LogP contribution in [0.25, 0.3) is 10.9 Å². The number of ketones is 1. The standard InChI is InChI=1S/C24H24N2O4/c1-17-8-9-18(2)23(14-17)29-13-10-24(28)30-16-22(27)20-15-26(12-5-11-25)21-7-4-3-6-19(20)21/h3-4,6-9,14-15H,5,10,12-13,16H2,1-2H3. The van der Waals surface area contributed by atoms with E-state index in [0.717, 1.165) is 27.8 Å². The topological polar surface area (TPSA) is 81.3 Å².